The minimum Gasteiger partial charge on any atom is -0.486 e. The average molecular weight is 452 g/mol. The first-order valence-corrected chi connectivity index (χ1v) is 10.5. The van der Waals surface area contributed by atoms with Crippen LogP contribution in [0.2, 0.25) is 5.02 Å². The Morgan fingerprint density at radius 1 is 1.03 bits per heavy atom. The largest absolute Gasteiger partial charge is 0.486 e. The zero-order valence-corrected chi connectivity index (χ0v) is 18.2. The van der Waals surface area contributed by atoms with E-state index in [4.69, 9.17) is 25.5 Å². The number of furan rings is 1. The fourth-order valence-corrected chi connectivity index (χ4v) is 3.04. The van der Waals surface area contributed by atoms with Gasteiger partial charge in [-0.05, 0) is 60.5 Å². The number of nitrogens with one attached hydrogen (secondary N) is 1. The Labute approximate surface area is 190 Å². The molecule has 164 valence electrons. The zero-order chi connectivity index (χ0) is 22.3. The molecule has 0 bridgehead atoms. The third kappa shape index (κ3) is 5.70. The monoisotopic (exact) mass is 451 g/mol. The van der Waals surface area contributed by atoms with Gasteiger partial charge in [-0.25, -0.2) is 4.68 Å². The third-order valence-corrected chi connectivity index (χ3v) is 4.92. The number of carbonyl (C=O) groups is 1. The number of benzene rings is 2. The van der Waals surface area contributed by atoms with Crippen LogP contribution in [0.5, 0.6) is 11.5 Å². The zero-order valence-electron chi connectivity index (χ0n) is 17.5. The smallest absolute Gasteiger partial charge is 0.291 e. The Morgan fingerprint density at radius 2 is 1.75 bits per heavy atom. The molecule has 0 atom stereocenters. The molecule has 2 heterocycles. The van der Waals surface area contributed by atoms with Crippen molar-refractivity contribution in [3.8, 4) is 11.5 Å². The van der Waals surface area contributed by atoms with Crippen LogP contribution in [-0.2, 0) is 19.8 Å². The van der Waals surface area contributed by atoms with Crippen LogP contribution < -0.4 is 14.8 Å². The standard InChI is InChI=1S/C24H22ClN3O4/c1-2-17-3-7-21(8-4-17)31-16-28-14-19(13-26-28)27-24(29)23-12-11-22(32-23)15-30-20-9-5-18(25)6-10-20/h3-14H,2,15-16H2,1H3,(H,27,29). The van der Waals surface area contributed by atoms with E-state index in [1.165, 1.54) is 5.56 Å². The second kappa shape index (κ2) is 10.1. The van der Waals surface area contributed by atoms with Gasteiger partial charge >= 0.3 is 0 Å². The highest BCUT2D eigenvalue weighted by molar-refractivity contribution is 6.30. The predicted molar refractivity (Wildman–Crippen MR) is 121 cm³/mol. The van der Waals surface area contributed by atoms with E-state index in [2.05, 4.69) is 17.3 Å². The summed E-state index contributed by atoms with van der Waals surface area (Å²) in [6.07, 6.45) is 4.22. The molecule has 0 saturated heterocycles. The van der Waals surface area contributed by atoms with Gasteiger partial charge in [0.2, 0.25) is 0 Å². The lowest BCUT2D eigenvalue weighted by Crippen LogP contribution is -2.10. The minimum atomic E-state index is -0.377. The molecular formula is C24H22ClN3O4. The predicted octanol–water partition coefficient (Wildman–Crippen LogP) is 5.56. The van der Waals surface area contributed by atoms with Crippen LogP contribution in [0.25, 0.3) is 0 Å². The van der Waals surface area contributed by atoms with Crippen LogP contribution in [0, 0.1) is 0 Å². The van der Waals surface area contributed by atoms with Crippen molar-refractivity contribution < 1.29 is 18.7 Å². The third-order valence-electron chi connectivity index (χ3n) is 4.67. The van der Waals surface area contributed by atoms with Crippen LogP contribution in [0.15, 0.2) is 77.5 Å². The molecule has 1 amide bonds. The molecule has 0 fully saturated rings. The maximum atomic E-state index is 12.5. The molecule has 8 heteroatoms. The van der Waals surface area contributed by atoms with Gasteiger partial charge in [-0.3, -0.25) is 4.79 Å². The van der Waals surface area contributed by atoms with Gasteiger partial charge in [0.05, 0.1) is 18.1 Å². The van der Waals surface area contributed by atoms with Crippen LogP contribution in [0.4, 0.5) is 5.69 Å². The number of hydrogen-bond acceptors (Lipinski definition) is 5. The first-order chi connectivity index (χ1) is 15.6. The lowest BCUT2D eigenvalue weighted by Gasteiger charge is -2.06. The molecule has 4 aromatic rings. The Hall–Kier alpha value is -3.71. The summed E-state index contributed by atoms with van der Waals surface area (Å²) in [5.74, 6) is 1.75. The van der Waals surface area contributed by atoms with E-state index in [9.17, 15) is 4.79 Å². The summed E-state index contributed by atoms with van der Waals surface area (Å²) in [5, 5.41) is 7.60. The van der Waals surface area contributed by atoms with E-state index in [1.54, 1.807) is 53.5 Å². The first-order valence-electron chi connectivity index (χ1n) is 10.1. The van der Waals surface area contributed by atoms with Gasteiger partial charge in [0.25, 0.3) is 5.91 Å². The van der Waals surface area contributed by atoms with E-state index >= 15 is 0 Å². The molecule has 0 aliphatic carbocycles. The number of amides is 1. The van der Waals surface area contributed by atoms with Gasteiger partial charge in [-0.1, -0.05) is 30.7 Å². The van der Waals surface area contributed by atoms with Gasteiger partial charge in [0.15, 0.2) is 12.5 Å². The summed E-state index contributed by atoms with van der Waals surface area (Å²) in [6, 6.07) is 18.2. The number of aryl methyl sites for hydroxylation is 1. The van der Waals surface area contributed by atoms with Crippen LogP contribution in [-0.4, -0.2) is 15.7 Å². The topological polar surface area (TPSA) is 78.5 Å². The summed E-state index contributed by atoms with van der Waals surface area (Å²) < 4.78 is 18.5. The lowest BCUT2D eigenvalue weighted by atomic mass is 10.2. The molecule has 0 radical (unpaired) electrons. The van der Waals surface area contributed by atoms with E-state index in [-0.39, 0.29) is 25.0 Å². The Bertz CT molecular complexity index is 1170. The van der Waals surface area contributed by atoms with Crippen molar-refractivity contribution in [1.29, 1.82) is 0 Å². The van der Waals surface area contributed by atoms with Crippen molar-refractivity contribution in [3.05, 3.63) is 95.2 Å². The highest BCUT2D eigenvalue weighted by atomic mass is 35.5. The number of ether oxygens (including phenoxy) is 2. The molecule has 7 nitrogen and oxygen atoms in total. The van der Waals surface area contributed by atoms with Crippen LogP contribution >= 0.6 is 11.6 Å². The molecule has 4 rings (SSSR count). The van der Waals surface area contributed by atoms with Gasteiger partial charge in [-0.15, -0.1) is 0 Å². The molecular weight excluding hydrogens is 430 g/mol. The number of carbonyl (C=O) groups excluding carboxylic acids is 1. The second-order valence-corrected chi connectivity index (χ2v) is 7.44. The van der Waals surface area contributed by atoms with Crippen molar-refractivity contribution in [2.45, 2.75) is 26.7 Å². The SMILES string of the molecule is CCc1ccc(OCn2cc(NC(=O)c3ccc(COc4ccc(Cl)cc4)o3)cn2)cc1. The van der Waals surface area contributed by atoms with E-state index in [1.807, 2.05) is 24.3 Å². The fraction of sp³-hybridized carbons (Fsp3) is 0.167. The van der Waals surface area contributed by atoms with Crippen LogP contribution in [0.3, 0.4) is 0 Å². The molecule has 2 aromatic carbocycles. The van der Waals surface area contributed by atoms with Gasteiger partial charge < -0.3 is 19.2 Å². The normalized spacial score (nSPS) is 10.7. The van der Waals surface area contributed by atoms with Crippen molar-refractivity contribution in [2.75, 3.05) is 5.32 Å². The summed E-state index contributed by atoms with van der Waals surface area (Å²) >= 11 is 5.86. The Morgan fingerprint density at radius 3 is 2.50 bits per heavy atom. The molecule has 0 aliphatic heterocycles. The van der Waals surface area contributed by atoms with Crippen molar-refractivity contribution in [2.24, 2.45) is 0 Å². The van der Waals surface area contributed by atoms with Gasteiger partial charge in [-0.2, -0.15) is 5.10 Å². The molecule has 0 saturated carbocycles. The summed E-state index contributed by atoms with van der Waals surface area (Å²) in [5.41, 5.74) is 1.79. The molecule has 0 spiro atoms. The van der Waals surface area contributed by atoms with Gasteiger partial charge in [0.1, 0.15) is 23.9 Å². The number of aromatic nitrogens is 2. The van der Waals surface area contributed by atoms with Crippen molar-refractivity contribution in [3.63, 3.8) is 0 Å². The highest BCUT2D eigenvalue weighted by Crippen LogP contribution is 2.18. The Kier molecular flexibility index (Phi) is 6.77. The number of halogens is 1. The average Bonchev–Trinajstić information content (AvgIpc) is 3.47. The number of hydrogen-bond donors (Lipinski definition) is 1. The number of anilines is 1. The molecule has 1 N–H and O–H groups in total. The quantitative estimate of drug-likeness (QED) is 0.360. The fourth-order valence-electron chi connectivity index (χ4n) is 2.92. The molecule has 0 aliphatic rings. The van der Waals surface area contributed by atoms with E-state index < -0.39 is 0 Å². The first kappa shape index (κ1) is 21.5. The lowest BCUT2D eigenvalue weighted by molar-refractivity contribution is 0.0992. The summed E-state index contributed by atoms with van der Waals surface area (Å²) in [6.45, 7) is 2.53. The number of nitrogens with zero attached hydrogens (tertiary/aromatic N) is 2. The maximum absolute atomic E-state index is 12.5. The van der Waals surface area contributed by atoms with Crippen molar-refractivity contribution in [1.82, 2.24) is 9.78 Å². The maximum Gasteiger partial charge on any atom is 0.291 e. The summed E-state index contributed by atoms with van der Waals surface area (Å²) in [4.78, 5) is 12.5. The molecule has 32 heavy (non-hydrogen) atoms. The van der Waals surface area contributed by atoms with Crippen LogP contribution in [0.1, 0.15) is 28.8 Å². The number of rotatable bonds is 9. The van der Waals surface area contributed by atoms with Crippen molar-refractivity contribution >= 4 is 23.2 Å². The summed E-state index contributed by atoms with van der Waals surface area (Å²) in [7, 11) is 0. The highest BCUT2D eigenvalue weighted by Gasteiger charge is 2.13. The molecule has 0 unspecified atom stereocenters. The van der Waals surface area contributed by atoms with Gasteiger partial charge in [0, 0.05) is 5.02 Å². The second-order valence-electron chi connectivity index (χ2n) is 7.00. The minimum absolute atomic E-state index is 0.180. The van der Waals surface area contributed by atoms with E-state index in [0.717, 1.165) is 12.2 Å². The van der Waals surface area contributed by atoms with E-state index in [0.29, 0.717) is 22.2 Å². The Balaban J connectivity index is 1.27. The molecule has 2 aromatic heterocycles.